The van der Waals surface area contributed by atoms with E-state index in [1.54, 1.807) is 0 Å². The maximum atomic E-state index is 15.1. The average Bonchev–Trinajstić information content (AvgIpc) is 0.774. The highest BCUT2D eigenvalue weighted by atomic mass is 35.5. The van der Waals surface area contributed by atoms with Gasteiger partial charge in [-0.1, -0.05) is 82.1 Å². The summed E-state index contributed by atoms with van der Waals surface area (Å²) in [5, 5.41) is 134. The van der Waals surface area contributed by atoms with Crippen molar-refractivity contribution in [1.29, 1.82) is 0 Å². The molecular weight excluding hydrogens is 1420 g/mol. The number of aliphatic carboxylic acids is 1. The van der Waals surface area contributed by atoms with Gasteiger partial charge in [0.15, 0.2) is 17.5 Å². The van der Waals surface area contributed by atoms with E-state index in [9.17, 15) is 84.6 Å². The fraction of sp³-hybridized carbons (Fsp3) is 0.465. The quantitative estimate of drug-likeness (QED) is 0.0714. The van der Waals surface area contributed by atoms with Gasteiger partial charge in [0.05, 0.1) is 41.3 Å². The number of carboxylic acids is 1. The summed E-state index contributed by atoms with van der Waals surface area (Å²) in [4.78, 5) is 114. The number of fused-ring (bicyclic) bond motifs is 6. The molecule has 9 unspecified atom stereocenters. The first-order chi connectivity index (χ1) is 49.5. The highest BCUT2D eigenvalue weighted by Crippen LogP contribution is 2.48. The van der Waals surface area contributed by atoms with Crippen LogP contribution in [0.1, 0.15) is 121 Å². The number of nitrogens with one attached hydrogen (secondary N) is 8. The molecule has 7 amide bonds. The number of nitrogens with two attached hydrogens (primary N) is 1. The minimum absolute atomic E-state index is 0.0959. The summed E-state index contributed by atoms with van der Waals surface area (Å²) >= 11 is 14.1. The number of hydrogen-bond acceptors (Lipinski definition) is 24. The highest BCUT2D eigenvalue weighted by molar-refractivity contribution is 6.32. The normalized spacial score (nSPS) is 28.6. The van der Waals surface area contributed by atoms with Crippen LogP contribution in [0.2, 0.25) is 10.0 Å². The monoisotopic (exact) mass is 1500 g/mol. The molecule has 2 fully saturated rings. The molecule has 1 saturated carbocycles. The largest absolute Gasteiger partial charge is 0.508 e. The van der Waals surface area contributed by atoms with Crippen molar-refractivity contribution in [2.45, 2.75) is 183 Å². The Morgan fingerprint density at radius 2 is 1.35 bits per heavy atom. The molecule has 0 radical (unpaired) electrons. The van der Waals surface area contributed by atoms with Crippen molar-refractivity contribution in [1.82, 2.24) is 42.5 Å². The number of phenolic OH excluding ortho intramolecular Hbond substituents is 3. The van der Waals surface area contributed by atoms with Crippen LogP contribution in [0.5, 0.6) is 46.0 Å². The fourth-order valence-corrected chi connectivity index (χ4v) is 13.9. The fourth-order valence-electron chi connectivity index (χ4n) is 13.5. The van der Waals surface area contributed by atoms with Crippen LogP contribution in [0, 0.1) is 11.8 Å². The van der Waals surface area contributed by atoms with Gasteiger partial charge >= 0.3 is 5.97 Å². The number of aliphatic hydroxyl groups is 6. The van der Waals surface area contributed by atoms with Crippen molar-refractivity contribution in [2.75, 3.05) is 13.7 Å². The number of likely N-dealkylation sites (N-methyl/N-ethyl adjacent to an activating group) is 1. The molecule has 568 valence electrons. The number of halogens is 2. The molecule has 10 bridgehead atoms. The average molecular weight is 1510 g/mol. The van der Waals surface area contributed by atoms with Crippen LogP contribution in [0.25, 0.3) is 11.1 Å². The van der Waals surface area contributed by atoms with Crippen molar-refractivity contribution >= 4 is 70.5 Å². The molecule has 1 saturated heterocycles. The van der Waals surface area contributed by atoms with E-state index in [4.69, 9.17) is 52.6 Å². The number of benzene rings is 5. The van der Waals surface area contributed by atoms with Crippen molar-refractivity contribution in [2.24, 2.45) is 17.6 Å². The first-order valence-electron chi connectivity index (χ1n) is 33.7. The smallest absolute Gasteiger partial charge is 0.330 e. The summed E-state index contributed by atoms with van der Waals surface area (Å²) in [7, 11) is 1.48. The second kappa shape index (κ2) is 33.5. The number of carbonyl (C=O) groups excluding carboxylic acids is 7. The maximum absolute atomic E-state index is 15.1. The van der Waals surface area contributed by atoms with E-state index in [0.717, 1.165) is 43.3 Å². The lowest BCUT2D eigenvalue weighted by Crippen LogP contribution is -2.64. The third kappa shape index (κ3) is 18.2. The van der Waals surface area contributed by atoms with Crippen molar-refractivity contribution in [3.63, 3.8) is 0 Å². The van der Waals surface area contributed by atoms with Gasteiger partial charge in [0, 0.05) is 34.3 Å². The van der Waals surface area contributed by atoms with Crippen LogP contribution in [0.4, 0.5) is 0 Å². The molecule has 34 heteroatoms. The number of para-hydroxylation sites is 1. The summed E-state index contributed by atoms with van der Waals surface area (Å²) in [6, 6.07) is 2.66. The second-order valence-electron chi connectivity index (χ2n) is 27.5. The number of aromatic hydroxyl groups is 3. The van der Waals surface area contributed by atoms with Crippen LogP contribution in [0.3, 0.4) is 0 Å². The number of carboxylic acid groups (broad SMARTS) is 1. The molecule has 5 heterocycles. The SMILES string of the molecule is CN[C@H](CC(C)C)C(=O)N[C@H]1C(=O)N[C@@H](CC(N)=O)C(=O)N[C@H](C)C(=O)N[C@H]2C(=O)N[C@H](C(=O)N[C@@H](C(=O)O)c3cc(O)cc(O)c3-c3cc2ccc3O)[C@H](O)c2ccc(c(Cl)c2)Oc2cccc(c2OC2OC(CO)C(O)C(O)C2OC2CC(C)C(O)C(C)(NC(C)C)C2)Oc2ccc(cc2Cl)[C@H]1O. The van der Waals surface area contributed by atoms with E-state index in [0.29, 0.717) is 0 Å². The van der Waals surface area contributed by atoms with E-state index in [1.165, 1.54) is 55.6 Å². The molecule has 105 heavy (non-hydrogen) atoms. The first-order valence-corrected chi connectivity index (χ1v) is 34.5. The number of ether oxygens (including phenoxy) is 5. The Bertz CT molecular complexity index is 4100. The predicted octanol–water partition coefficient (Wildman–Crippen LogP) is 2.14. The Hall–Kier alpha value is -9.16. The van der Waals surface area contributed by atoms with Crippen LogP contribution in [-0.4, -0.2) is 197 Å². The zero-order valence-electron chi connectivity index (χ0n) is 58.2. The van der Waals surface area contributed by atoms with Crippen LogP contribution >= 0.6 is 23.2 Å². The number of primary amides is 1. The molecule has 1 aliphatic carbocycles. The summed E-state index contributed by atoms with van der Waals surface area (Å²) in [6.07, 6.45) is -14.7. The minimum atomic E-state index is -2.29. The molecule has 0 aromatic heterocycles. The Morgan fingerprint density at radius 1 is 0.724 bits per heavy atom. The summed E-state index contributed by atoms with van der Waals surface area (Å²) < 4.78 is 32.5. The molecule has 5 aromatic rings. The molecule has 5 aliphatic heterocycles. The third-order valence-electron chi connectivity index (χ3n) is 18.6. The zero-order valence-corrected chi connectivity index (χ0v) is 59.7. The maximum Gasteiger partial charge on any atom is 0.330 e. The first kappa shape index (κ1) is 79.9. The van der Waals surface area contributed by atoms with Gasteiger partial charge in [0.1, 0.15) is 95.6 Å². The van der Waals surface area contributed by atoms with Crippen molar-refractivity contribution in [3.05, 3.63) is 117 Å². The summed E-state index contributed by atoms with van der Waals surface area (Å²) in [5.41, 5.74) is 2.52. The Labute approximate surface area is 612 Å². The van der Waals surface area contributed by atoms with Crippen molar-refractivity contribution in [3.8, 4) is 57.1 Å². The van der Waals surface area contributed by atoms with E-state index in [2.05, 4.69) is 42.5 Å². The zero-order chi connectivity index (χ0) is 77.0. The predicted molar refractivity (Wildman–Crippen MR) is 373 cm³/mol. The Kier molecular flexibility index (Phi) is 25.5. The summed E-state index contributed by atoms with van der Waals surface area (Å²) in [5.74, 6) is -14.4. The van der Waals surface area contributed by atoms with Gasteiger partial charge in [-0.25, -0.2) is 4.79 Å². The number of rotatable bonds is 15. The van der Waals surface area contributed by atoms with E-state index in [-0.39, 0.29) is 86.9 Å². The molecule has 20 N–H and O–H groups in total. The lowest BCUT2D eigenvalue weighted by atomic mass is 9.73. The number of aliphatic hydroxyl groups excluding tert-OH is 6. The third-order valence-corrected chi connectivity index (χ3v) is 19.2. The number of amides is 7. The Balaban J connectivity index is 1.21. The van der Waals surface area contributed by atoms with Gasteiger partial charge in [0.2, 0.25) is 53.4 Å². The molecule has 6 aliphatic rings. The molecule has 5 aromatic carbocycles. The number of phenols is 3. The molecular formula is C71H87Cl2N9O23. The molecule has 32 nitrogen and oxygen atoms in total. The Morgan fingerprint density at radius 3 is 1.93 bits per heavy atom. The van der Waals surface area contributed by atoms with E-state index >= 15 is 4.79 Å². The van der Waals surface area contributed by atoms with Gasteiger partial charge in [-0.2, -0.15) is 0 Å². The standard InChI is InChI=1S/C71H87Cl2N9O23/c1-28(2)18-41(75-8)64(94)80-54-56(88)33-13-16-45(39(72)21-33)102-47-10-9-11-48(60(47)105-70-61(59(91)58(90)49(27-83)104-70)101-36-19-30(5)62(92)71(7,26-36)82-29(3)4)103-46-17-14-34(22-40(46)73)57(89)55-68(98)79-53(69(99)100)38-23-35(84)24-44(86)51(38)37-20-32(12-15-43(37)85)52(66(96)81-55)78-63(93)31(6)76-65(95)42(25-50(74)87)77-67(54)97/h9-17,20-24,28-31,36,41-42,49,52-59,61-62,70,75,82-86,88-92H,18-19,25-27H2,1-8H3,(H2,74,87)(H,76,95)(H,77,97)(H,78,93)(H,79,98)(H,80,94)(H,81,96)(H,99,100)/t30?,31-,36?,41-,42+,49?,52-,53-,54-,55+,56-,57-,58?,59?,61?,62?,70?,71?/m1/s1. The minimum Gasteiger partial charge on any atom is -0.508 e. The van der Waals surface area contributed by atoms with Crippen molar-refractivity contribution < 1.29 is 113 Å². The van der Waals surface area contributed by atoms with E-state index in [1.807, 2.05) is 41.5 Å². The van der Waals surface area contributed by atoms with Gasteiger partial charge in [0.25, 0.3) is 0 Å². The topological polar surface area (TPSA) is 507 Å². The summed E-state index contributed by atoms with van der Waals surface area (Å²) in [6.45, 7) is 11.3. The molecule has 0 spiro atoms. The highest BCUT2D eigenvalue weighted by Gasteiger charge is 2.51. The lowest BCUT2D eigenvalue weighted by molar-refractivity contribution is -0.299. The van der Waals surface area contributed by atoms with Crippen LogP contribution in [0.15, 0.2) is 84.9 Å². The van der Waals surface area contributed by atoms with Gasteiger partial charge in [-0.3, -0.25) is 33.6 Å². The van der Waals surface area contributed by atoms with Crippen LogP contribution in [-0.2, 0) is 47.8 Å². The van der Waals surface area contributed by atoms with E-state index < -0.39 is 203 Å². The second-order valence-corrected chi connectivity index (χ2v) is 28.3. The molecule has 11 rings (SSSR count). The number of hydrogen-bond donors (Lipinski definition) is 19. The molecule has 18 atom stereocenters. The number of carbonyl (C=O) groups is 8. The van der Waals surface area contributed by atoms with Gasteiger partial charge in [-0.15, -0.1) is 0 Å². The lowest BCUT2D eigenvalue weighted by Gasteiger charge is -2.49. The van der Waals surface area contributed by atoms with Gasteiger partial charge in [-0.05, 0) is 123 Å². The van der Waals surface area contributed by atoms with Gasteiger partial charge < -0.3 is 123 Å². The van der Waals surface area contributed by atoms with Crippen LogP contribution < -0.4 is 62.5 Å².